The Morgan fingerprint density at radius 3 is 2.44 bits per heavy atom. The summed E-state index contributed by atoms with van der Waals surface area (Å²) in [6, 6.07) is 8.54. The third-order valence-electron chi connectivity index (χ3n) is 2.13. The van der Waals surface area contributed by atoms with Crippen molar-refractivity contribution < 1.29 is 8.78 Å². The molecule has 0 amide bonds. The second-order valence-corrected chi connectivity index (χ2v) is 3.17. The first kappa shape index (κ1) is 10.2. The molecule has 1 heterocycles. The summed E-state index contributed by atoms with van der Waals surface area (Å²) in [4.78, 5) is 3.59. The van der Waals surface area contributed by atoms with Gasteiger partial charge in [-0.25, -0.2) is 13.8 Å². The molecule has 78 valence electrons. The summed E-state index contributed by atoms with van der Waals surface area (Å²) >= 11 is 0. The van der Waals surface area contributed by atoms with Crippen LogP contribution < -0.4 is 0 Å². The molecule has 2 nitrogen and oxygen atoms in total. The molecule has 0 saturated heterocycles. The van der Waals surface area contributed by atoms with Crippen molar-refractivity contribution in [3.8, 4) is 17.2 Å². The minimum atomic E-state index is -0.536. The molecule has 0 saturated carbocycles. The van der Waals surface area contributed by atoms with Crippen LogP contribution in [0, 0.1) is 23.0 Å². The third-order valence-corrected chi connectivity index (χ3v) is 2.13. The first-order valence-electron chi connectivity index (χ1n) is 4.52. The summed E-state index contributed by atoms with van der Waals surface area (Å²) in [6.07, 6.45) is 0.983. The Morgan fingerprint density at radius 2 is 1.81 bits per heavy atom. The Balaban J connectivity index is 2.55. The summed E-state index contributed by atoms with van der Waals surface area (Å²) in [5, 5.41) is 8.65. The van der Waals surface area contributed by atoms with E-state index < -0.39 is 11.6 Å². The molecule has 2 rings (SSSR count). The van der Waals surface area contributed by atoms with Gasteiger partial charge in [-0.2, -0.15) is 5.26 Å². The smallest absolute Gasteiger partial charge is 0.149 e. The molecule has 0 spiro atoms. The third kappa shape index (κ3) is 1.89. The van der Waals surface area contributed by atoms with Crippen molar-refractivity contribution in [1.82, 2.24) is 4.98 Å². The second-order valence-electron chi connectivity index (χ2n) is 3.17. The largest absolute Gasteiger partial charge is 0.242 e. The quantitative estimate of drug-likeness (QED) is 0.734. The number of halogens is 2. The highest BCUT2D eigenvalue weighted by Gasteiger charge is 2.07. The van der Waals surface area contributed by atoms with Gasteiger partial charge in [-0.1, -0.05) is 12.1 Å². The van der Waals surface area contributed by atoms with Crippen molar-refractivity contribution >= 4 is 0 Å². The Labute approximate surface area is 90.8 Å². The summed E-state index contributed by atoms with van der Waals surface area (Å²) in [5.74, 6) is -0.927. The molecule has 2 aromatic rings. The van der Waals surface area contributed by atoms with Crippen molar-refractivity contribution in [1.29, 1.82) is 5.26 Å². The average Bonchev–Trinajstić information content (AvgIpc) is 2.31. The highest BCUT2D eigenvalue weighted by Crippen LogP contribution is 2.22. The molecule has 16 heavy (non-hydrogen) atoms. The number of benzene rings is 1. The maximum atomic E-state index is 13.4. The van der Waals surface area contributed by atoms with Crippen LogP contribution in [0.1, 0.15) is 5.69 Å². The molecule has 1 aromatic heterocycles. The number of nitriles is 1. The lowest BCUT2D eigenvalue weighted by Gasteiger charge is -2.03. The monoisotopic (exact) mass is 216 g/mol. The number of hydrogen-bond donors (Lipinski definition) is 0. The molecule has 0 unspecified atom stereocenters. The van der Waals surface area contributed by atoms with E-state index >= 15 is 0 Å². The van der Waals surface area contributed by atoms with Crippen LogP contribution in [-0.2, 0) is 0 Å². The van der Waals surface area contributed by atoms with Gasteiger partial charge in [0.2, 0.25) is 0 Å². The Morgan fingerprint density at radius 1 is 1.12 bits per heavy atom. The van der Waals surface area contributed by atoms with Crippen molar-refractivity contribution in [3.05, 3.63) is 53.9 Å². The lowest BCUT2D eigenvalue weighted by atomic mass is 10.1. The van der Waals surface area contributed by atoms with E-state index in [0.717, 1.165) is 6.20 Å². The van der Waals surface area contributed by atoms with E-state index in [4.69, 9.17) is 5.26 Å². The van der Waals surface area contributed by atoms with E-state index in [0.29, 0.717) is 5.56 Å². The predicted molar refractivity (Wildman–Crippen MR) is 54.3 cm³/mol. The van der Waals surface area contributed by atoms with Crippen molar-refractivity contribution in [3.63, 3.8) is 0 Å². The number of aromatic nitrogens is 1. The fraction of sp³-hybridized carbons (Fsp3) is 0. The van der Waals surface area contributed by atoms with Crippen LogP contribution >= 0.6 is 0 Å². The van der Waals surface area contributed by atoms with Crippen molar-refractivity contribution in [2.75, 3.05) is 0 Å². The molecular weight excluding hydrogens is 210 g/mol. The van der Waals surface area contributed by atoms with Gasteiger partial charge >= 0.3 is 0 Å². The molecule has 0 bridgehead atoms. The first-order valence-corrected chi connectivity index (χ1v) is 4.52. The van der Waals surface area contributed by atoms with Gasteiger partial charge in [0.1, 0.15) is 23.4 Å². The minimum Gasteiger partial charge on any atom is -0.242 e. The van der Waals surface area contributed by atoms with E-state index in [9.17, 15) is 8.78 Å². The van der Waals surface area contributed by atoms with E-state index in [1.54, 1.807) is 0 Å². The Kier molecular flexibility index (Phi) is 2.61. The molecule has 0 N–H and O–H groups in total. The summed E-state index contributed by atoms with van der Waals surface area (Å²) in [7, 11) is 0. The highest BCUT2D eigenvalue weighted by molar-refractivity contribution is 5.64. The number of hydrogen-bond acceptors (Lipinski definition) is 2. The van der Waals surface area contributed by atoms with Crippen LogP contribution in [0.4, 0.5) is 8.78 Å². The number of rotatable bonds is 1. The van der Waals surface area contributed by atoms with Gasteiger partial charge in [-0.15, -0.1) is 0 Å². The van der Waals surface area contributed by atoms with Crippen LogP contribution in [0.2, 0.25) is 0 Å². The zero-order chi connectivity index (χ0) is 11.5. The van der Waals surface area contributed by atoms with Crippen LogP contribution in [0.3, 0.4) is 0 Å². The lowest BCUT2D eigenvalue weighted by molar-refractivity contribution is 0.622. The average molecular weight is 216 g/mol. The number of pyridine rings is 1. The maximum absolute atomic E-state index is 13.4. The number of nitrogens with zero attached hydrogens (tertiary/aromatic N) is 2. The van der Waals surface area contributed by atoms with Gasteiger partial charge < -0.3 is 0 Å². The summed E-state index contributed by atoms with van der Waals surface area (Å²) < 4.78 is 26.1. The lowest BCUT2D eigenvalue weighted by Crippen LogP contribution is -1.90. The molecule has 1 aromatic carbocycles. The van der Waals surface area contributed by atoms with Gasteiger partial charge in [0, 0.05) is 5.56 Å². The zero-order valence-electron chi connectivity index (χ0n) is 8.11. The molecule has 0 fully saturated rings. The van der Waals surface area contributed by atoms with E-state index in [2.05, 4.69) is 4.98 Å². The Bertz CT molecular complexity index is 556. The standard InChI is InChI=1S/C12H6F2N2/c13-9-3-1-8(2-4-9)11-5-10(6-15)16-7-12(11)14/h1-5,7H. The van der Waals surface area contributed by atoms with Crippen LogP contribution in [0.25, 0.3) is 11.1 Å². The van der Waals surface area contributed by atoms with Crippen LogP contribution in [0.5, 0.6) is 0 Å². The predicted octanol–water partition coefficient (Wildman–Crippen LogP) is 2.90. The van der Waals surface area contributed by atoms with Gasteiger partial charge in [-0.05, 0) is 23.8 Å². The van der Waals surface area contributed by atoms with Gasteiger partial charge in [0.05, 0.1) is 6.20 Å². The van der Waals surface area contributed by atoms with Crippen LogP contribution in [0.15, 0.2) is 36.5 Å². The van der Waals surface area contributed by atoms with E-state index in [1.165, 1.54) is 30.3 Å². The first-order chi connectivity index (χ1) is 7.70. The molecule has 4 heteroatoms. The minimum absolute atomic E-state index is 0.126. The highest BCUT2D eigenvalue weighted by atomic mass is 19.1. The van der Waals surface area contributed by atoms with Gasteiger partial charge in [-0.3, -0.25) is 0 Å². The Hall–Kier alpha value is -2.28. The van der Waals surface area contributed by atoms with Crippen molar-refractivity contribution in [2.24, 2.45) is 0 Å². The molecule has 0 aliphatic rings. The SMILES string of the molecule is N#Cc1cc(-c2ccc(F)cc2)c(F)cn1. The summed E-state index contributed by atoms with van der Waals surface area (Å²) in [5.41, 5.74) is 0.880. The van der Waals surface area contributed by atoms with E-state index in [-0.39, 0.29) is 11.3 Å². The van der Waals surface area contributed by atoms with Crippen LogP contribution in [-0.4, -0.2) is 4.98 Å². The fourth-order valence-electron chi connectivity index (χ4n) is 1.35. The topological polar surface area (TPSA) is 36.7 Å². The fourth-order valence-corrected chi connectivity index (χ4v) is 1.35. The van der Waals surface area contributed by atoms with Crippen molar-refractivity contribution in [2.45, 2.75) is 0 Å². The molecule has 0 aliphatic carbocycles. The van der Waals surface area contributed by atoms with E-state index in [1.807, 2.05) is 6.07 Å². The zero-order valence-corrected chi connectivity index (χ0v) is 8.11. The molecule has 0 radical (unpaired) electrons. The molecular formula is C12H6F2N2. The maximum Gasteiger partial charge on any atom is 0.149 e. The van der Waals surface area contributed by atoms with Gasteiger partial charge in [0.25, 0.3) is 0 Å². The summed E-state index contributed by atoms with van der Waals surface area (Å²) in [6.45, 7) is 0. The normalized spacial score (nSPS) is 9.81. The molecule has 0 atom stereocenters. The van der Waals surface area contributed by atoms with Gasteiger partial charge in [0.15, 0.2) is 0 Å². The molecule has 0 aliphatic heterocycles. The second kappa shape index (κ2) is 4.07.